The van der Waals surface area contributed by atoms with Gasteiger partial charge in [0.2, 0.25) is 5.91 Å². The van der Waals surface area contributed by atoms with Gasteiger partial charge in [0.15, 0.2) is 9.84 Å². The summed E-state index contributed by atoms with van der Waals surface area (Å²) in [6.07, 6.45) is 3.52. The summed E-state index contributed by atoms with van der Waals surface area (Å²) in [5.41, 5.74) is 0.547. The quantitative estimate of drug-likeness (QED) is 0.463. The summed E-state index contributed by atoms with van der Waals surface area (Å²) in [7, 11) is -3.18. The molecule has 1 aromatic carbocycles. The minimum atomic E-state index is -3.18. The van der Waals surface area contributed by atoms with Crippen LogP contribution in [0.2, 0.25) is 0 Å². The van der Waals surface area contributed by atoms with E-state index in [0.29, 0.717) is 30.6 Å². The number of ether oxygens (including phenoxy) is 1. The number of carbonyl (C=O) groups is 2. The fourth-order valence-corrected chi connectivity index (χ4v) is 4.71. The lowest BCUT2D eigenvalue weighted by Gasteiger charge is -2.35. The van der Waals surface area contributed by atoms with E-state index in [0.717, 1.165) is 37.9 Å². The van der Waals surface area contributed by atoms with Crippen LogP contribution in [0, 0.1) is 0 Å². The number of hydrogen-bond donors (Lipinski definition) is 0. The van der Waals surface area contributed by atoms with Crippen LogP contribution in [0.4, 0.5) is 4.79 Å². The molecule has 0 spiro atoms. The van der Waals surface area contributed by atoms with E-state index >= 15 is 0 Å². The largest absolute Gasteiger partial charge is 0.444 e. The Morgan fingerprint density at radius 3 is 2.32 bits per heavy atom. The molecular formula is C25H41N3O5S. The number of rotatable bonds is 10. The predicted octanol–water partition coefficient (Wildman–Crippen LogP) is 3.20. The van der Waals surface area contributed by atoms with Gasteiger partial charge in [-0.1, -0.05) is 19.1 Å². The number of benzene rings is 1. The summed E-state index contributed by atoms with van der Waals surface area (Å²) in [5, 5.41) is 0. The number of likely N-dealkylation sites (N-methyl/N-ethyl adjacent to an activating group) is 1. The van der Waals surface area contributed by atoms with E-state index in [1.54, 1.807) is 12.1 Å². The zero-order valence-corrected chi connectivity index (χ0v) is 22.4. The van der Waals surface area contributed by atoms with Gasteiger partial charge in [0.1, 0.15) is 12.1 Å². The standard InChI is InChI=1S/C25H41N3O5S/c1-7-26(20(2)18-21-10-12-22(13-11-21)34(6,31)32)14-8-9-15-27-16-17-28(19-23(27)29)24(30)33-25(3,4)5/h10-13,20H,7-9,14-19H2,1-6H3. The van der Waals surface area contributed by atoms with Crippen molar-refractivity contribution in [1.29, 1.82) is 0 Å². The predicted molar refractivity (Wildman–Crippen MR) is 134 cm³/mol. The molecule has 1 heterocycles. The first-order valence-electron chi connectivity index (χ1n) is 12.1. The normalized spacial score (nSPS) is 16.1. The molecule has 34 heavy (non-hydrogen) atoms. The molecule has 9 heteroatoms. The van der Waals surface area contributed by atoms with Gasteiger partial charge in [0.25, 0.3) is 0 Å². The van der Waals surface area contributed by atoms with Crippen LogP contribution in [-0.2, 0) is 25.8 Å². The van der Waals surface area contributed by atoms with E-state index in [4.69, 9.17) is 4.74 Å². The number of amides is 2. The van der Waals surface area contributed by atoms with Gasteiger partial charge in [-0.2, -0.15) is 0 Å². The Labute approximate surface area is 205 Å². The molecule has 0 N–H and O–H groups in total. The highest BCUT2D eigenvalue weighted by molar-refractivity contribution is 7.90. The summed E-state index contributed by atoms with van der Waals surface area (Å²) >= 11 is 0. The molecule has 1 unspecified atom stereocenters. The summed E-state index contributed by atoms with van der Waals surface area (Å²) in [5.74, 6) is -0.0321. The molecule has 1 aliphatic heterocycles. The molecule has 0 aliphatic carbocycles. The molecule has 0 radical (unpaired) electrons. The van der Waals surface area contributed by atoms with Crippen molar-refractivity contribution in [3.63, 3.8) is 0 Å². The molecule has 0 saturated carbocycles. The van der Waals surface area contributed by atoms with Crippen molar-refractivity contribution in [2.45, 2.75) is 70.4 Å². The fourth-order valence-electron chi connectivity index (χ4n) is 4.08. The van der Waals surface area contributed by atoms with Crippen LogP contribution in [-0.4, -0.2) is 92.3 Å². The van der Waals surface area contributed by atoms with Gasteiger partial charge >= 0.3 is 6.09 Å². The molecule has 8 nitrogen and oxygen atoms in total. The zero-order valence-electron chi connectivity index (χ0n) is 21.5. The topological polar surface area (TPSA) is 87.2 Å². The van der Waals surface area contributed by atoms with Crippen molar-refractivity contribution < 1.29 is 22.7 Å². The molecule has 2 rings (SSSR count). The summed E-state index contributed by atoms with van der Waals surface area (Å²) < 4.78 is 28.7. The van der Waals surface area contributed by atoms with Crippen LogP contribution in [0.3, 0.4) is 0 Å². The monoisotopic (exact) mass is 495 g/mol. The second-order valence-electron chi connectivity index (χ2n) is 10.1. The lowest BCUT2D eigenvalue weighted by Crippen LogP contribution is -2.53. The van der Waals surface area contributed by atoms with E-state index in [1.165, 1.54) is 11.2 Å². The molecule has 1 fully saturated rings. The van der Waals surface area contributed by atoms with Crippen LogP contribution in [0.5, 0.6) is 0 Å². The van der Waals surface area contributed by atoms with Crippen molar-refractivity contribution in [1.82, 2.24) is 14.7 Å². The van der Waals surface area contributed by atoms with Crippen LogP contribution in [0.25, 0.3) is 0 Å². The van der Waals surface area contributed by atoms with Gasteiger partial charge in [-0.15, -0.1) is 0 Å². The molecule has 0 bridgehead atoms. The molecule has 1 atom stereocenters. The summed E-state index contributed by atoms with van der Waals surface area (Å²) in [6, 6.07) is 7.46. The maximum atomic E-state index is 12.5. The Morgan fingerprint density at radius 2 is 1.79 bits per heavy atom. The summed E-state index contributed by atoms with van der Waals surface area (Å²) in [6.45, 7) is 13.4. The minimum Gasteiger partial charge on any atom is -0.444 e. The van der Waals surface area contributed by atoms with Crippen molar-refractivity contribution in [2.24, 2.45) is 0 Å². The third-order valence-corrected chi connectivity index (χ3v) is 7.13. The Bertz CT molecular complexity index is 925. The van der Waals surface area contributed by atoms with E-state index in [9.17, 15) is 18.0 Å². The first kappa shape index (κ1) is 28.1. The molecule has 0 aromatic heterocycles. The van der Waals surface area contributed by atoms with E-state index in [2.05, 4.69) is 18.7 Å². The Morgan fingerprint density at radius 1 is 1.15 bits per heavy atom. The summed E-state index contributed by atoms with van der Waals surface area (Å²) in [4.78, 5) is 30.7. The Hall–Kier alpha value is -2.13. The molecule has 192 valence electrons. The smallest absolute Gasteiger partial charge is 0.410 e. The average Bonchev–Trinajstić information content (AvgIpc) is 2.73. The number of unbranched alkanes of at least 4 members (excludes halogenated alkanes) is 1. The van der Waals surface area contributed by atoms with Crippen molar-refractivity contribution in [3.05, 3.63) is 29.8 Å². The van der Waals surface area contributed by atoms with Gasteiger partial charge < -0.3 is 14.5 Å². The van der Waals surface area contributed by atoms with Gasteiger partial charge in [-0.25, -0.2) is 13.2 Å². The number of sulfone groups is 1. The highest BCUT2D eigenvalue weighted by Gasteiger charge is 2.30. The molecule has 1 aromatic rings. The van der Waals surface area contributed by atoms with Crippen molar-refractivity contribution in [2.75, 3.05) is 45.5 Å². The van der Waals surface area contributed by atoms with Crippen LogP contribution in [0.1, 0.15) is 53.0 Å². The number of hydrogen-bond acceptors (Lipinski definition) is 6. The molecule has 1 aliphatic rings. The van der Waals surface area contributed by atoms with Crippen LogP contribution < -0.4 is 0 Å². The lowest BCUT2D eigenvalue weighted by atomic mass is 10.1. The van der Waals surface area contributed by atoms with Crippen LogP contribution >= 0.6 is 0 Å². The van der Waals surface area contributed by atoms with Gasteiger partial charge in [0, 0.05) is 31.9 Å². The molecule has 2 amide bonds. The first-order valence-corrected chi connectivity index (χ1v) is 14.0. The van der Waals surface area contributed by atoms with E-state index in [1.807, 2.05) is 37.8 Å². The van der Waals surface area contributed by atoms with Gasteiger partial charge in [-0.05, 0) is 77.7 Å². The SMILES string of the molecule is CCN(CCCCN1CCN(C(=O)OC(C)(C)C)CC1=O)C(C)Cc1ccc(S(C)(=O)=O)cc1. The fraction of sp³-hybridized carbons (Fsp3) is 0.680. The van der Waals surface area contributed by atoms with Crippen molar-refractivity contribution >= 4 is 21.8 Å². The third-order valence-electron chi connectivity index (χ3n) is 6.01. The maximum absolute atomic E-state index is 12.5. The highest BCUT2D eigenvalue weighted by Crippen LogP contribution is 2.15. The minimum absolute atomic E-state index is 0.0321. The second-order valence-corrected chi connectivity index (χ2v) is 12.1. The lowest BCUT2D eigenvalue weighted by molar-refractivity contribution is -0.135. The molecule has 1 saturated heterocycles. The van der Waals surface area contributed by atoms with Crippen molar-refractivity contribution in [3.8, 4) is 0 Å². The maximum Gasteiger partial charge on any atom is 0.410 e. The van der Waals surface area contributed by atoms with Crippen LogP contribution in [0.15, 0.2) is 29.2 Å². The number of carbonyl (C=O) groups excluding carboxylic acids is 2. The van der Waals surface area contributed by atoms with E-state index in [-0.39, 0.29) is 12.5 Å². The molecular weight excluding hydrogens is 454 g/mol. The first-order chi connectivity index (χ1) is 15.8. The van der Waals surface area contributed by atoms with Gasteiger partial charge in [-0.3, -0.25) is 9.69 Å². The van der Waals surface area contributed by atoms with Gasteiger partial charge in [0.05, 0.1) is 4.90 Å². The number of nitrogens with zero attached hydrogens (tertiary/aromatic N) is 3. The highest BCUT2D eigenvalue weighted by atomic mass is 32.2. The Balaban J connectivity index is 1.74. The Kier molecular flexibility index (Phi) is 9.94. The second kappa shape index (κ2) is 12.0. The zero-order chi connectivity index (χ0) is 25.5. The average molecular weight is 496 g/mol. The third kappa shape index (κ3) is 8.91. The number of piperazine rings is 1. The van der Waals surface area contributed by atoms with E-state index < -0.39 is 21.5 Å².